The van der Waals surface area contributed by atoms with E-state index in [0.717, 1.165) is 0 Å². The number of nitrogens with zero attached hydrogens (tertiary/aromatic N) is 2. The zero-order valence-corrected chi connectivity index (χ0v) is 15.5. The van der Waals surface area contributed by atoms with Crippen LogP contribution < -0.4 is 14.8 Å². The predicted octanol–water partition coefficient (Wildman–Crippen LogP) is 2.65. The van der Waals surface area contributed by atoms with Crippen molar-refractivity contribution in [3.63, 3.8) is 0 Å². The summed E-state index contributed by atoms with van der Waals surface area (Å²) in [5, 5.41) is 5.26. The van der Waals surface area contributed by atoms with Crippen molar-refractivity contribution in [3.05, 3.63) is 35.3 Å². The number of anilines is 1. The van der Waals surface area contributed by atoms with E-state index in [1.165, 1.54) is 11.3 Å². The first-order chi connectivity index (χ1) is 12.6. The van der Waals surface area contributed by atoms with Crippen LogP contribution in [0.25, 0.3) is 0 Å². The van der Waals surface area contributed by atoms with Gasteiger partial charge in [-0.25, -0.2) is 4.98 Å². The van der Waals surface area contributed by atoms with Crippen molar-refractivity contribution < 1.29 is 19.1 Å². The van der Waals surface area contributed by atoms with Crippen LogP contribution in [-0.2, 0) is 4.79 Å². The standard InChI is InChI=1S/C18H21N3O4S/c1-24-14-4-3-13(11-15(14)25-2)17(23)21-8-5-12(6-9-21)16(22)20-18-19-7-10-26-18/h3-4,7,10-12H,5-6,8-9H2,1-2H3,(H,19,20,22). The van der Waals surface area contributed by atoms with Crippen LogP contribution in [0, 0.1) is 5.92 Å². The molecule has 138 valence electrons. The minimum Gasteiger partial charge on any atom is -0.493 e. The van der Waals surface area contributed by atoms with E-state index >= 15 is 0 Å². The summed E-state index contributed by atoms with van der Waals surface area (Å²) in [7, 11) is 3.10. The number of hydrogen-bond donors (Lipinski definition) is 1. The second kappa shape index (κ2) is 8.18. The SMILES string of the molecule is COc1ccc(C(=O)N2CCC(C(=O)Nc3nccs3)CC2)cc1OC. The first kappa shape index (κ1) is 18.2. The Bertz CT molecular complexity index is 771. The van der Waals surface area contributed by atoms with E-state index in [9.17, 15) is 9.59 Å². The van der Waals surface area contributed by atoms with Gasteiger partial charge in [-0.2, -0.15) is 0 Å². The number of carbonyl (C=O) groups is 2. The first-order valence-corrected chi connectivity index (χ1v) is 9.22. The molecule has 1 aliphatic rings. The Labute approximate surface area is 155 Å². The average molecular weight is 375 g/mol. The van der Waals surface area contributed by atoms with Gasteiger partial charge in [-0.3, -0.25) is 9.59 Å². The van der Waals surface area contributed by atoms with E-state index in [2.05, 4.69) is 10.3 Å². The molecule has 26 heavy (non-hydrogen) atoms. The smallest absolute Gasteiger partial charge is 0.253 e. The molecular weight excluding hydrogens is 354 g/mol. The van der Waals surface area contributed by atoms with Gasteiger partial charge in [0.2, 0.25) is 5.91 Å². The second-order valence-corrected chi connectivity index (χ2v) is 6.86. The molecule has 2 amide bonds. The fourth-order valence-corrected chi connectivity index (χ4v) is 3.52. The van der Waals surface area contributed by atoms with Crippen LogP contribution in [0.5, 0.6) is 11.5 Å². The maximum atomic E-state index is 12.7. The number of likely N-dealkylation sites (tertiary alicyclic amines) is 1. The summed E-state index contributed by atoms with van der Waals surface area (Å²) in [6.45, 7) is 1.09. The van der Waals surface area contributed by atoms with Gasteiger partial charge < -0.3 is 19.7 Å². The Balaban J connectivity index is 1.59. The summed E-state index contributed by atoms with van der Waals surface area (Å²) in [4.78, 5) is 30.8. The quantitative estimate of drug-likeness (QED) is 0.869. The summed E-state index contributed by atoms with van der Waals surface area (Å²) >= 11 is 1.39. The summed E-state index contributed by atoms with van der Waals surface area (Å²) in [5.41, 5.74) is 0.549. The highest BCUT2D eigenvalue weighted by atomic mass is 32.1. The van der Waals surface area contributed by atoms with Crippen LogP contribution in [0.1, 0.15) is 23.2 Å². The molecule has 1 saturated heterocycles. The lowest BCUT2D eigenvalue weighted by Gasteiger charge is -2.31. The lowest BCUT2D eigenvalue weighted by Crippen LogP contribution is -2.41. The molecule has 0 spiro atoms. The van der Waals surface area contributed by atoms with Crippen molar-refractivity contribution in [2.24, 2.45) is 5.92 Å². The van der Waals surface area contributed by atoms with E-state index in [1.807, 2.05) is 5.38 Å². The van der Waals surface area contributed by atoms with E-state index < -0.39 is 0 Å². The van der Waals surface area contributed by atoms with E-state index in [0.29, 0.717) is 48.1 Å². The molecule has 1 aromatic carbocycles. The van der Waals surface area contributed by atoms with Gasteiger partial charge in [-0.05, 0) is 31.0 Å². The average Bonchev–Trinajstić information content (AvgIpc) is 3.20. The molecule has 1 fully saturated rings. The first-order valence-electron chi connectivity index (χ1n) is 8.34. The van der Waals surface area contributed by atoms with E-state index in [1.54, 1.807) is 43.5 Å². The van der Waals surface area contributed by atoms with Crippen LogP contribution in [0.3, 0.4) is 0 Å². The van der Waals surface area contributed by atoms with Gasteiger partial charge in [0.05, 0.1) is 14.2 Å². The lowest BCUT2D eigenvalue weighted by atomic mass is 9.95. The Kier molecular flexibility index (Phi) is 5.72. The third-order valence-electron chi connectivity index (χ3n) is 4.45. The molecule has 0 radical (unpaired) electrons. The van der Waals surface area contributed by atoms with Crippen molar-refractivity contribution in [1.82, 2.24) is 9.88 Å². The number of hydrogen-bond acceptors (Lipinski definition) is 6. The summed E-state index contributed by atoms with van der Waals surface area (Å²) in [5.74, 6) is 0.911. The largest absolute Gasteiger partial charge is 0.493 e. The van der Waals surface area contributed by atoms with E-state index in [4.69, 9.17) is 9.47 Å². The highest BCUT2D eigenvalue weighted by Crippen LogP contribution is 2.29. The van der Waals surface area contributed by atoms with Crippen molar-refractivity contribution in [1.29, 1.82) is 0 Å². The highest BCUT2D eigenvalue weighted by molar-refractivity contribution is 7.13. The summed E-state index contributed by atoms with van der Waals surface area (Å²) < 4.78 is 10.5. The monoisotopic (exact) mass is 375 g/mol. The molecule has 1 N–H and O–H groups in total. The molecule has 3 rings (SSSR count). The van der Waals surface area contributed by atoms with Gasteiger partial charge in [-0.15, -0.1) is 11.3 Å². The molecule has 0 unspecified atom stereocenters. The molecular formula is C18H21N3O4S. The minimum absolute atomic E-state index is 0.0295. The number of aromatic nitrogens is 1. The minimum atomic E-state index is -0.103. The molecule has 0 aliphatic carbocycles. The van der Waals surface area contributed by atoms with Crippen molar-refractivity contribution >= 4 is 28.3 Å². The van der Waals surface area contributed by atoms with Gasteiger partial charge in [0.1, 0.15) is 0 Å². The highest BCUT2D eigenvalue weighted by Gasteiger charge is 2.28. The van der Waals surface area contributed by atoms with Crippen molar-refractivity contribution in [2.45, 2.75) is 12.8 Å². The number of thiazole rings is 1. The predicted molar refractivity (Wildman–Crippen MR) is 98.9 cm³/mol. The topological polar surface area (TPSA) is 80.8 Å². The molecule has 2 aromatic rings. The van der Waals surface area contributed by atoms with Gasteiger partial charge in [0.25, 0.3) is 5.91 Å². The number of carbonyl (C=O) groups excluding carboxylic acids is 2. The van der Waals surface area contributed by atoms with Crippen LogP contribution in [0.2, 0.25) is 0 Å². The number of amides is 2. The molecule has 7 nitrogen and oxygen atoms in total. The van der Waals surface area contributed by atoms with Gasteiger partial charge in [0.15, 0.2) is 16.6 Å². The maximum absolute atomic E-state index is 12.7. The molecule has 1 aromatic heterocycles. The van der Waals surface area contributed by atoms with E-state index in [-0.39, 0.29) is 17.7 Å². The van der Waals surface area contributed by atoms with Crippen molar-refractivity contribution in [2.75, 3.05) is 32.6 Å². The number of benzene rings is 1. The summed E-state index contributed by atoms with van der Waals surface area (Å²) in [6, 6.07) is 5.13. The Morgan fingerprint density at radius 3 is 2.54 bits per heavy atom. The normalized spacial score (nSPS) is 14.8. The lowest BCUT2D eigenvalue weighted by molar-refractivity contribution is -0.121. The summed E-state index contributed by atoms with van der Waals surface area (Å²) in [6.07, 6.45) is 2.93. The van der Waals surface area contributed by atoms with Gasteiger partial charge in [-0.1, -0.05) is 0 Å². The molecule has 0 atom stereocenters. The third-order valence-corrected chi connectivity index (χ3v) is 5.13. The maximum Gasteiger partial charge on any atom is 0.253 e. The number of piperidine rings is 1. The zero-order chi connectivity index (χ0) is 18.5. The molecule has 0 bridgehead atoms. The number of rotatable bonds is 5. The van der Waals surface area contributed by atoms with Crippen LogP contribution in [0.15, 0.2) is 29.8 Å². The van der Waals surface area contributed by atoms with Crippen molar-refractivity contribution in [3.8, 4) is 11.5 Å². The van der Waals surface area contributed by atoms with Crippen LogP contribution in [-0.4, -0.2) is 49.0 Å². The Morgan fingerprint density at radius 2 is 1.92 bits per heavy atom. The fourth-order valence-electron chi connectivity index (χ4n) is 2.99. The van der Waals surface area contributed by atoms with Crippen LogP contribution >= 0.6 is 11.3 Å². The van der Waals surface area contributed by atoms with Gasteiger partial charge >= 0.3 is 0 Å². The number of methoxy groups -OCH3 is 2. The molecule has 8 heteroatoms. The molecule has 1 aliphatic heterocycles. The Morgan fingerprint density at radius 1 is 1.19 bits per heavy atom. The second-order valence-electron chi connectivity index (χ2n) is 5.96. The zero-order valence-electron chi connectivity index (χ0n) is 14.7. The van der Waals surface area contributed by atoms with Gasteiger partial charge in [0, 0.05) is 36.1 Å². The Hall–Kier alpha value is -2.61. The molecule has 0 saturated carbocycles. The number of nitrogens with one attached hydrogen (secondary N) is 1. The third kappa shape index (κ3) is 3.96. The molecule has 2 heterocycles. The fraction of sp³-hybridized carbons (Fsp3) is 0.389. The van der Waals surface area contributed by atoms with Crippen LogP contribution in [0.4, 0.5) is 5.13 Å². The number of ether oxygens (including phenoxy) is 2.